The second-order valence-corrected chi connectivity index (χ2v) is 7.26. The summed E-state index contributed by atoms with van der Waals surface area (Å²) in [5.41, 5.74) is 4.51. The lowest BCUT2D eigenvalue weighted by Gasteiger charge is -2.30. The van der Waals surface area contributed by atoms with Crippen molar-refractivity contribution in [2.24, 2.45) is 0 Å². The minimum Gasteiger partial charge on any atom is -0.508 e. The number of phenolic OH excluding ortho intramolecular Hbond substituents is 1. The summed E-state index contributed by atoms with van der Waals surface area (Å²) in [4.78, 5) is 14.5. The van der Waals surface area contributed by atoms with E-state index in [4.69, 9.17) is 0 Å². The van der Waals surface area contributed by atoms with E-state index in [9.17, 15) is 9.90 Å². The fourth-order valence-electron chi connectivity index (χ4n) is 3.02. The molecule has 0 aliphatic carbocycles. The number of benzene rings is 2. The zero-order valence-corrected chi connectivity index (χ0v) is 14.0. The lowest BCUT2D eigenvalue weighted by Crippen LogP contribution is -2.36. The number of rotatable bonds is 1. The van der Waals surface area contributed by atoms with Crippen molar-refractivity contribution in [3.05, 3.63) is 64.7 Å². The van der Waals surface area contributed by atoms with E-state index >= 15 is 0 Å². The fraction of sp³-hybridized carbons (Fsp3) is 0.350. The largest absolute Gasteiger partial charge is 0.508 e. The van der Waals surface area contributed by atoms with E-state index < -0.39 is 0 Å². The molecule has 1 heterocycles. The number of phenols is 1. The molecule has 0 radical (unpaired) electrons. The first-order valence-electron chi connectivity index (χ1n) is 8.05. The minimum atomic E-state index is -0.0206. The van der Waals surface area contributed by atoms with Crippen LogP contribution in [0.3, 0.4) is 0 Å². The molecule has 0 aromatic heterocycles. The third-order valence-corrected chi connectivity index (χ3v) is 4.46. The molecule has 0 atom stereocenters. The summed E-state index contributed by atoms with van der Waals surface area (Å²) in [5.74, 6) is 0.107. The van der Waals surface area contributed by atoms with E-state index in [1.165, 1.54) is 22.8 Å². The Morgan fingerprint density at radius 3 is 2.57 bits per heavy atom. The predicted octanol–water partition coefficient (Wildman–Crippen LogP) is 3.89. The Morgan fingerprint density at radius 2 is 1.87 bits per heavy atom. The average Bonchev–Trinajstić information content (AvgIpc) is 2.52. The molecule has 2 aromatic carbocycles. The maximum Gasteiger partial charge on any atom is 0.254 e. The van der Waals surface area contributed by atoms with Crippen LogP contribution < -0.4 is 0 Å². The van der Waals surface area contributed by atoms with Gasteiger partial charge in [0.25, 0.3) is 5.91 Å². The molecule has 0 saturated heterocycles. The summed E-state index contributed by atoms with van der Waals surface area (Å²) in [5, 5.41) is 9.57. The molecule has 3 rings (SSSR count). The lowest BCUT2D eigenvalue weighted by molar-refractivity contribution is 0.0734. The van der Waals surface area contributed by atoms with E-state index in [-0.39, 0.29) is 17.1 Å². The molecule has 0 unspecified atom stereocenters. The van der Waals surface area contributed by atoms with E-state index in [0.29, 0.717) is 12.1 Å². The van der Waals surface area contributed by atoms with Gasteiger partial charge >= 0.3 is 0 Å². The van der Waals surface area contributed by atoms with Crippen molar-refractivity contribution in [3.63, 3.8) is 0 Å². The number of hydrogen-bond donors (Lipinski definition) is 1. The Morgan fingerprint density at radius 1 is 1.09 bits per heavy atom. The molecule has 0 fully saturated rings. The van der Waals surface area contributed by atoms with Gasteiger partial charge in [0.1, 0.15) is 5.75 Å². The molecule has 120 valence electrons. The predicted molar refractivity (Wildman–Crippen MR) is 91.7 cm³/mol. The van der Waals surface area contributed by atoms with Crippen LogP contribution in [0.4, 0.5) is 0 Å². The molecule has 1 aliphatic rings. The highest BCUT2D eigenvalue weighted by atomic mass is 16.3. The third-order valence-electron chi connectivity index (χ3n) is 4.46. The van der Waals surface area contributed by atoms with Crippen molar-refractivity contribution in [2.75, 3.05) is 6.54 Å². The molecule has 1 N–H and O–H groups in total. The molecule has 1 amide bonds. The van der Waals surface area contributed by atoms with Crippen LogP contribution in [-0.4, -0.2) is 22.5 Å². The van der Waals surface area contributed by atoms with E-state index in [1.807, 2.05) is 4.90 Å². The van der Waals surface area contributed by atoms with Crippen molar-refractivity contribution in [1.29, 1.82) is 0 Å². The highest BCUT2D eigenvalue weighted by molar-refractivity contribution is 5.94. The maximum absolute atomic E-state index is 12.7. The summed E-state index contributed by atoms with van der Waals surface area (Å²) in [6.07, 6.45) is 0.879. The van der Waals surface area contributed by atoms with Crippen LogP contribution in [0.1, 0.15) is 47.8 Å². The molecule has 0 saturated carbocycles. The van der Waals surface area contributed by atoms with Gasteiger partial charge in [0.2, 0.25) is 0 Å². The zero-order valence-electron chi connectivity index (χ0n) is 14.0. The van der Waals surface area contributed by atoms with Crippen LogP contribution >= 0.6 is 0 Å². The quantitative estimate of drug-likeness (QED) is 0.868. The summed E-state index contributed by atoms with van der Waals surface area (Å²) in [6.45, 7) is 7.96. The Labute approximate surface area is 137 Å². The van der Waals surface area contributed by atoms with Gasteiger partial charge in [-0.1, -0.05) is 45.0 Å². The van der Waals surface area contributed by atoms with Crippen LogP contribution in [0.25, 0.3) is 0 Å². The highest BCUT2D eigenvalue weighted by Gasteiger charge is 2.23. The number of amides is 1. The molecule has 0 bridgehead atoms. The lowest BCUT2D eigenvalue weighted by atomic mass is 9.84. The summed E-state index contributed by atoms with van der Waals surface area (Å²) in [6, 6.07) is 13.2. The van der Waals surface area contributed by atoms with Gasteiger partial charge in [0, 0.05) is 18.7 Å². The van der Waals surface area contributed by atoms with Crippen LogP contribution in [0.2, 0.25) is 0 Å². The van der Waals surface area contributed by atoms with Crippen LogP contribution in [0.15, 0.2) is 42.5 Å². The Balaban J connectivity index is 1.86. The summed E-state index contributed by atoms with van der Waals surface area (Å²) < 4.78 is 0. The first kappa shape index (κ1) is 15.6. The second kappa shape index (κ2) is 5.73. The third kappa shape index (κ3) is 3.24. The van der Waals surface area contributed by atoms with Crippen LogP contribution in [-0.2, 0) is 18.4 Å². The van der Waals surface area contributed by atoms with Gasteiger partial charge < -0.3 is 10.0 Å². The molecular formula is C20H23NO2. The Bertz CT molecular complexity index is 744. The van der Waals surface area contributed by atoms with Gasteiger partial charge in [-0.15, -0.1) is 0 Å². The van der Waals surface area contributed by atoms with E-state index in [0.717, 1.165) is 13.0 Å². The zero-order chi connectivity index (χ0) is 16.6. The van der Waals surface area contributed by atoms with Crippen molar-refractivity contribution in [2.45, 2.75) is 39.2 Å². The average molecular weight is 309 g/mol. The molecule has 3 nitrogen and oxygen atoms in total. The van der Waals surface area contributed by atoms with Gasteiger partial charge in [0.15, 0.2) is 0 Å². The van der Waals surface area contributed by atoms with Crippen molar-refractivity contribution in [1.82, 2.24) is 4.90 Å². The molecule has 2 aromatic rings. The highest BCUT2D eigenvalue weighted by Crippen LogP contribution is 2.28. The standard InChI is InChI=1S/C20H23NO2/c1-20(2,3)17-8-7-14-9-10-21(13-16(14)11-17)19(23)15-5-4-6-18(22)12-15/h4-8,11-12,22H,9-10,13H2,1-3H3. The van der Waals surface area contributed by atoms with Gasteiger partial charge in [-0.3, -0.25) is 4.79 Å². The van der Waals surface area contributed by atoms with E-state index in [1.54, 1.807) is 18.2 Å². The van der Waals surface area contributed by atoms with Crippen molar-refractivity contribution < 1.29 is 9.90 Å². The topological polar surface area (TPSA) is 40.5 Å². The monoisotopic (exact) mass is 309 g/mol. The number of fused-ring (bicyclic) bond motifs is 1. The molecular weight excluding hydrogens is 286 g/mol. The Hall–Kier alpha value is -2.29. The number of hydrogen-bond acceptors (Lipinski definition) is 2. The number of carbonyl (C=O) groups is 1. The van der Waals surface area contributed by atoms with Gasteiger partial charge in [-0.2, -0.15) is 0 Å². The maximum atomic E-state index is 12.7. The first-order valence-corrected chi connectivity index (χ1v) is 8.05. The fourth-order valence-corrected chi connectivity index (χ4v) is 3.02. The van der Waals surface area contributed by atoms with Gasteiger partial charge in [-0.25, -0.2) is 0 Å². The van der Waals surface area contributed by atoms with Crippen molar-refractivity contribution >= 4 is 5.91 Å². The SMILES string of the molecule is CC(C)(C)c1ccc2c(c1)CN(C(=O)c1cccc(O)c1)CC2. The summed E-state index contributed by atoms with van der Waals surface area (Å²) >= 11 is 0. The second-order valence-electron chi connectivity index (χ2n) is 7.26. The normalized spacial score (nSPS) is 14.5. The van der Waals surface area contributed by atoms with Crippen LogP contribution in [0.5, 0.6) is 5.75 Å². The van der Waals surface area contributed by atoms with E-state index in [2.05, 4.69) is 39.0 Å². The van der Waals surface area contributed by atoms with Crippen LogP contribution in [0, 0.1) is 0 Å². The molecule has 3 heteroatoms. The number of nitrogens with zero attached hydrogens (tertiary/aromatic N) is 1. The Kier molecular flexibility index (Phi) is 3.88. The first-order chi connectivity index (χ1) is 10.8. The summed E-state index contributed by atoms with van der Waals surface area (Å²) in [7, 11) is 0. The minimum absolute atomic E-state index is 0.0206. The van der Waals surface area contributed by atoms with Gasteiger partial charge in [0.05, 0.1) is 0 Å². The molecule has 1 aliphatic heterocycles. The molecule has 23 heavy (non-hydrogen) atoms. The number of carbonyl (C=O) groups excluding carboxylic acids is 1. The smallest absolute Gasteiger partial charge is 0.254 e. The van der Waals surface area contributed by atoms with Crippen molar-refractivity contribution in [3.8, 4) is 5.75 Å². The molecule has 0 spiro atoms. The van der Waals surface area contributed by atoms with Gasteiger partial charge in [-0.05, 0) is 46.7 Å². The number of aromatic hydroxyl groups is 1.